The summed E-state index contributed by atoms with van der Waals surface area (Å²) in [6.45, 7) is 3.92. The predicted octanol–water partition coefficient (Wildman–Crippen LogP) is -0.312. The Labute approximate surface area is 113 Å². The summed E-state index contributed by atoms with van der Waals surface area (Å²) < 4.78 is 22.4. The summed E-state index contributed by atoms with van der Waals surface area (Å²) in [5.41, 5.74) is 0. The minimum absolute atomic E-state index is 0.0597. The average Bonchev–Trinajstić information content (AvgIpc) is 2.85. The molecule has 1 aromatic heterocycles. The molecule has 8 nitrogen and oxygen atoms in total. The van der Waals surface area contributed by atoms with Crippen LogP contribution in [-0.4, -0.2) is 60.2 Å². The fourth-order valence-corrected chi connectivity index (χ4v) is 3.24. The molecule has 0 aliphatic carbocycles. The zero-order valence-electron chi connectivity index (χ0n) is 10.1. The van der Waals surface area contributed by atoms with Crippen molar-refractivity contribution in [3.05, 3.63) is 12.7 Å². The van der Waals surface area contributed by atoms with Crippen molar-refractivity contribution in [1.29, 1.82) is 0 Å². The Hall–Kier alpha value is -1.52. The van der Waals surface area contributed by atoms with E-state index >= 15 is 0 Å². The molecule has 1 saturated heterocycles. The van der Waals surface area contributed by atoms with E-state index in [0.29, 0.717) is 6.54 Å². The van der Waals surface area contributed by atoms with Crippen LogP contribution in [0.5, 0.6) is 0 Å². The second kappa shape index (κ2) is 4.87. The van der Waals surface area contributed by atoms with Gasteiger partial charge >= 0.3 is 6.03 Å². The van der Waals surface area contributed by atoms with Crippen molar-refractivity contribution in [2.75, 3.05) is 24.2 Å². The van der Waals surface area contributed by atoms with E-state index in [4.69, 9.17) is 0 Å². The molecule has 1 aliphatic heterocycles. The van der Waals surface area contributed by atoms with Crippen LogP contribution in [0, 0.1) is 0 Å². The molecule has 104 valence electrons. The standard InChI is InChI=1S/C9H12N4O4S2/c1-3-4-12-5-6(14)13(9(12)15)7-10-11-8(18-7)19(2,16)17/h3,6,14H,1,4-5H2,2H3. The van der Waals surface area contributed by atoms with E-state index in [1.165, 1.54) is 11.0 Å². The van der Waals surface area contributed by atoms with Gasteiger partial charge in [-0.1, -0.05) is 17.4 Å². The summed E-state index contributed by atoms with van der Waals surface area (Å²) in [5, 5.41) is 17.1. The molecule has 1 aliphatic rings. The molecule has 1 aromatic rings. The minimum atomic E-state index is -3.47. The lowest BCUT2D eigenvalue weighted by Crippen LogP contribution is -2.34. The Bertz CT molecular complexity index is 611. The smallest absolute Gasteiger partial charge is 0.329 e. The number of aliphatic hydroxyl groups is 1. The van der Waals surface area contributed by atoms with Crippen LogP contribution in [-0.2, 0) is 9.84 Å². The molecule has 0 saturated carbocycles. The molecule has 0 aromatic carbocycles. The third-order valence-corrected chi connectivity index (χ3v) is 5.02. The first-order valence-corrected chi connectivity index (χ1v) is 7.96. The van der Waals surface area contributed by atoms with Gasteiger partial charge in [-0.15, -0.1) is 16.8 Å². The van der Waals surface area contributed by atoms with Crippen molar-refractivity contribution in [2.45, 2.75) is 10.6 Å². The number of β-amino-alcohol motifs (C(OH)–C–C–N with tert-alkyl or cyclic N) is 1. The number of sulfone groups is 1. The lowest BCUT2D eigenvalue weighted by atomic mass is 10.5. The van der Waals surface area contributed by atoms with Gasteiger partial charge in [-0.05, 0) is 0 Å². The van der Waals surface area contributed by atoms with Gasteiger partial charge in [0.25, 0.3) is 0 Å². The van der Waals surface area contributed by atoms with Gasteiger partial charge in [0.2, 0.25) is 19.3 Å². The average molecular weight is 304 g/mol. The number of carbonyl (C=O) groups is 1. The van der Waals surface area contributed by atoms with E-state index in [2.05, 4.69) is 16.8 Å². The molecule has 2 amide bonds. The Morgan fingerprint density at radius 3 is 2.79 bits per heavy atom. The summed E-state index contributed by atoms with van der Waals surface area (Å²) >= 11 is 0.747. The van der Waals surface area contributed by atoms with Crippen LogP contribution in [0.15, 0.2) is 17.0 Å². The van der Waals surface area contributed by atoms with Crippen LogP contribution in [0.1, 0.15) is 0 Å². The number of urea groups is 1. The molecule has 0 bridgehead atoms. The van der Waals surface area contributed by atoms with E-state index in [1.54, 1.807) is 0 Å². The Balaban J connectivity index is 2.29. The molecular weight excluding hydrogens is 292 g/mol. The number of hydrogen-bond acceptors (Lipinski definition) is 7. The van der Waals surface area contributed by atoms with Crippen LogP contribution in [0.2, 0.25) is 0 Å². The summed E-state index contributed by atoms with van der Waals surface area (Å²) in [6.07, 6.45) is 1.47. The Kier molecular flexibility index (Phi) is 3.56. The quantitative estimate of drug-likeness (QED) is 0.604. The summed E-state index contributed by atoms with van der Waals surface area (Å²) in [6, 6.07) is -0.455. The molecule has 0 spiro atoms. The maximum absolute atomic E-state index is 12.0. The van der Waals surface area contributed by atoms with E-state index in [9.17, 15) is 18.3 Å². The molecule has 1 atom stereocenters. The van der Waals surface area contributed by atoms with Crippen molar-refractivity contribution < 1.29 is 18.3 Å². The van der Waals surface area contributed by atoms with Gasteiger partial charge in [0, 0.05) is 12.8 Å². The zero-order chi connectivity index (χ0) is 14.2. The van der Waals surface area contributed by atoms with Gasteiger partial charge in [0.15, 0.2) is 6.23 Å². The van der Waals surface area contributed by atoms with Gasteiger partial charge in [0.05, 0.1) is 6.54 Å². The van der Waals surface area contributed by atoms with Crippen LogP contribution < -0.4 is 4.90 Å². The third-order valence-electron chi connectivity index (χ3n) is 2.43. The largest absolute Gasteiger partial charge is 0.371 e. The fourth-order valence-electron chi connectivity index (χ4n) is 1.60. The third kappa shape index (κ3) is 2.60. The first-order valence-electron chi connectivity index (χ1n) is 5.25. The predicted molar refractivity (Wildman–Crippen MR) is 68.7 cm³/mol. The minimum Gasteiger partial charge on any atom is -0.371 e. The van der Waals surface area contributed by atoms with Crippen LogP contribution in [0.4, 0.5) is 9.93 Å². The maximum atomic E-state index is 12.0. The molecule has 1 N–H and O–H groups in total. The highest BCUT2D eigenvalue weighted by Crippen LogP contribution is 2.28. The van der Waals surface area contributed by atoms with Gasteiger partial charge in [-0.25, -0.2) is 18.1 Å². The number of anilines is 1. The van der Waals surface area contributed by atoms with E-state index in [-0.39, 0.29) is 16.0 Å². The van der Waals surface area contributed by atoms with Gasteiger partial charge in [-0.2, -0.15) is 0 Å². The molecule has 2 heterocycles. The molecule has 19 heavy (non-hydrogen) atoms. The number of nitrogens with zero attached hydrogens (tertiary/aromatic N) is 4. The van der Waals surface area contributed by atoms with Crippen molar-refractivity contribution in [1.82, 2.24) is 15.1 Å². The van der Waals surface area contributed by atoms with E-state index in [0.717, 1.165) is 22.5 Å². The molecule has 1 fully saturated rings. The number of hydrogen-bond donors (Lipinski definition) is 1. The normalized spacial score (nSPS) is 20.1. The first kappa shape index (κ1) is 13.9. The van der Waals surface area contributed by atoms with Crippen molar-refractivity contribution in [3.8, 4) is 0 Å². The van der Waals surface area contributed by atoms with E-state index < -0.39 is 22.1 Å². The molecule has 2 rings (SSSR count). The van der Waals surface area contributed by atoms with Crippen LogP contribution >= 0.6 is 11.3 Å². The van der Waals surface area contributed by atoms with Crippen molar-refractivity contribution >= 4 is 32.3 Å². The number of amides is 2. The van der Waals surface area contributed by atoms with Gasteiger partial charge in [-0.3, -0.25) is 0 Å². The van der Waals surface area contributed by atoms with Crippen molar-refractivity contribution in [3.63, 3.8) is 0 Å². The molecule has 0 radical (unpaired) electrons. The lowest BCUT2D eigenvalue weighted by Gasteiger charge is -2.15. The van der Waals surface area contributed by atoms with Gasteiger partial charge in [0.1, 0.15) is 0 Å². The monoisotopic (exact) mass is 304 g/mol. The van der Waals surface area contributed by atoms with Crippen molar-refractivity contribution in [2.24, 2.45) is 0 Å². The number of aromatic nitrogens is 2. The number of aliphatic hydroxyl groups excluding tert-OH is 1. The summed E-state index contributed by atoms with van der Waals surface area (Å²) in [5.74, 6) is 0. The highest BCUT2D eigenvalue weighted by atomic mass is 32.2. The number of rotatable bonds is 4. The van der Waals surface area contributed by atoms with Crippen LogP contribution in [0.3, 0.4) is 0 Å². The fraction of sp³-hybridized carbons (Fsp3) is 0.444. The topological polar surface area (TPSA) is 104 Å². The summed E-state index contributed by atoms with van der Waals surface area (Å²) in [7, 11) is -3.47. The van der Waals surface area contributed by atoms with Crippen LogP contribution in [0.25, 0.3) is 0 Å². The maximum Gasteiger partial charge on any atom is 0.329 e. The Morgan fingerprint density at radius 2 is 2.26 bits per heavy atom. The first-order chi connectivity index (χ1) is 8.84. The second-order valence-corrected chi connectivity index (χ2v) is 7.09. The molecular formula is C9H12N4O4S2. The SMILES string of the molecule is C=CCN1CC(O)N(c2nnc(S(C)(=O)=O)s2)C1=O. The molecule has 10 heteroatoms. The van der Waals surface area contributed by atoms with E-state index in [1.807, 2.05) is 0 Å². The number of carbonyl (C=O) groups excluding carboxylic acids is 1. The highest BCUT2D eigenvalue weighted by Gasteiger charge is 2.38. The highest BCUT2D eigenvalue weighted by molar-refractivity contribution is 7.92. The summed E-state index contributed by atoms with van der Waals surface area (Å²) in [4.78, 5) is 14.4. The van der Waals surface area contributed by atoms with Gasteiger partial charge < -0.3 is 10.0 Å². The second-order valence-electron chi connectivity index (χ2n) is 3.95. The molecule has 1 unspecified atom stereocenters. The Morgan fingerprint density at radius 1 is 1.58 bits per heavy atom. The zero-order valence-corrected chi connectivity index (χ0v) is 11.7. The lowest BCUT2D eigenvalue weighted by molar-refractivity contribution is 0.180.